The number of nitrogens with zero attached hydrogens (tertiary/aromatic N) is 2. The number of carbonyl (C=O) groups is 3. The van der Waals surface area contributed by atoms with Crippen LogP contribution in [0, 0.1) is 0 Å². The van der Waals surface area contributed by atoms with Gasteiger partial charge in [-0.05, 0) is 66.1 Å². The number of ether oxygens (including phenoxy) is 2. The molecule has 0 bridgehead atoms. The summed E-state index contributed by atoms with van der Waals surface area (Å²) < 4.78 is 11.3. The van der Waals surface area contributed by atoms with Crippen molar-refractivity contribution >= 4 is 46.5 Å². The Bertz CT molecular complexity index is 1100. The van der Waals surface area contributed by atoms with E-state index < -0.39 is 11.1 Å². The second-order valence-electron chi connectivity index (χ2n) is 7.68. The maximum absolute atomic E-state index is 12.8. The number of hydrogen-bond acceptors (Lipinski definition) is 6. The van der Waals surface area contributed by atoms with E-state index in [-0.39, 0.29) is 17.4 Å². The maximum atomic E-state index is 12.8. The van der Waals surface area contributed by atoms with E-state index in [2.05, 4.69) is 0 Å². The lowest BCUT2D eigenvalue weighted by Crippen LogP contribution is -2.40. The monoisotopic (exact) mass is 486 g/mol. The average Bonchev–Trinajstić information content (AvgIpc) is 3.44. The number of benzene rings is 2. The summed E-state index contributed by atoms with van der Waals surface area (Å²) in [5, 5.41) is 0.221. The molecule has 0 spiro atoms. The Morgan fingerprint density at radius 2 is 1.82 bits per heavy atom. The molecule has 2 heterocycles. The van der Waals surface area contributed by atoms with Crippen molar-refractivity contribution in [2.45, 2.75) is 19.4 Å². The van der Waals surface area contributed by atoms with Gasteiger partial charge in [-0.3, -0.25) is 19.3 Å². The molecule has 0 N–H and O–H groups in total. The first kappa shape index (κ1) is 23.2. The first-order valence-electron chi connectivity index (χ1n) is 10.5. The molecule has 2 fully saturated rings. The van der Waals surface area contributed by atoms with Crippen LogP contribution in [-0.4, -0.2) is 53.6 Å². The molecule has 7 nitrogen and oxygen atoms in total. The van der Waals surface area contributed by atoms with Crippen LogP contribution >= 0.6 is 23.4 Å². The van der Waals surface area contributed by atoms with Crippen molar-refractivity contribution in [3.05, 3.63) is 63.5 Å². The molecule has 2 aliphatic rings. The second-order valence-corrected chi connectivity index (χ2v) is 9.11. The van der Waals surface area contributed by atoms with Gasteiger partial charge in [-0.1, -0.05) is 29.8 Å². The van der Waals surface area contributed by atoms with E-state index in [4.69, 9.17) is 21.1 Å². The third-order valence-electron chi connectivity index (χ3n) is 5.42. The number of methoxy groups -OCH3 is 1. The summed E-state index contributed by atoms with van der Waals surface area (Å²) in [6.07, 6.45) is 3.53. The van der Waals surface area contributed by atoms with E-state index in [0.717, 1.165) is 35.1 Å². The van der Waals surface area contributed by atoms with Crippen LogP contribution in [0.25, 0.3) is 6.08 Å². The van der Waals surface area contributed by atoms with Gasteiger partial charge in [0.15, 0.2) is 11.5 Å². The van der Waals surface area contributed by atoms with Crippen molar-refractivity contribution in [1.29, 1.82) is 0 Å². The smallest absolute Gasteiger partial charge is 0.294 e. The summed E-state index contributed by atoms with van der Waals surface area (Å²) in [5.74, 6) is 0.398. The highest BCUT2D eigenvalue weighted by atomic mass is 35.5. The third kappa shape index (κ3) is 5.51. The lowest BCUT2D eigenvalue weighted by atomic mass is 10.1. The van der Waals surface area contributed by atoms with Crippen LogP contribution in [0.15, 0.2) is 47.4 Å². The quantitative estimate of drug-likeness (QED) is 0.533. The predicted octanol–water partition coefficient (Wildman–Crippen LogP) is 4.59. The van der Waals surface area contributed by atoms with Crippen molar-refractivity contribution < 1.29 is 23.9 Å². The molecule has 4 rings (SSSR count). The molecule has 0 radical (unpaired) electrons. The summed E-state index contributed by atoms with van der Waals surface area (Å²) in [5.41, 5.74) is 1.64. The number of imide groups is 1. The van der Waals surface area contributed by atoms with Gasteiger partial charge in [-0.2, -0.15) is 0 Å². The van der Waals surface area contributed by atoms with Crippen molar-refractivity contribution in [2.24, 2.45) is 0 Å². The third-order valence-corrected chi connectivity index (χ3v) is 6.58. The van der Waals surface area contributed by atoms with Gasteiger partial charge >= 0.3 is 0 Å². The topological polar surface area (TPSA) is 76.2 Å². The molecule has 2 aromatic carbocycles. The van der Waals surface area contributed by atoms with Gasteiger partial charge in [0.2, 0.25) is 5.91 Å². The zero-order chi connectivity index (χ0) is 23.4. The molecule has 0 aliphatic carbocycles. The Morgan fingerprint density at radius 3 is 2.52 bits per heavy atom. The molecule has 3 amide bonds. The lowest BCUT2D eigenvalue weighted by molar-refractivity contribution is -0.135. The Labute approximate surface area is 201 Å². The standard InChI is InChI=1S/C24H23ClN2O5S/c1-31-20-12-17(6-9-19(20)32-15-16-4-7-18(25)8-5-16)13-21-23(29)27(24(30)33-21)14-22(28)26-10-2-3-11-26/h4-9,12-13H,2-3,10-11,14-15H2,1H3/b21-13-. The lowest BCUT2D eigenvalue weighted by Gasteiger charge is -2.18. The summed E-state index contributed by atoms with van der Waals surface area (Å²) in [6, 6.07) is 12.6. The maximum Gasteiger partial charge on any atom is 0.294 e. The largest absolute Gasteiger partial charge is 0.493 e. The van der Waals surface area contributed by atoms with Crippen LogP contribution in [0.5, 0.6) is 11.5 Å². The van der Waals surface area contributed by atoms with Crippen LogP contribution < -0.4 is 9.47 Å². The molecular formula is C24H23ClN2O5S. The van der Waals surface area contributed by atoms with Gasteiger partial charge in [-0.25, -0.2) is 0 Å². The van der Waals surface area contributed by atoms with Gasteiger partial charge in [0.1, 0.15) is 13.2 Å². The fraction of sp³-hybridized carbons (Fsp3) is 0.292. The molecule has 33 heavy (non-hydrogen) atoms. The number of likely N-dealkylation sites (tertiary alicyclic amines) is 1. The Balaban J connectivity index is 1.44. The van der Waals surface area contributed by atoms with E-state index in [1.807, 2.05) is 12.1 Å². The number of amides is 3. The van der Waals surface area contributed by atoms with Crippen molar-refractivity contribution in [3.63, 3.8) is 0 Å². The molecular weight excluding hydrogens is 464 g/mol. The fourth-order valence-corrected chi connectivity index (χ4v) is 4.59. The van der Waals surface area contributed by atoms with Crippen LogP contribution in [0.2, 0.25) is 5.02 Å². The van der Waals surface area contributed by atoms with E-state index in [1.54, 1.807) is 41.3 Å². The van der Waals surface area contributed by atoms with Crippen LogP contribution in [-0.2, 0) is 16.2 Å². The number of halogens is 1. The minimum atomic E-state index is -0.459. The first-order chi connectivity index (χ1) is 15.9. The summed E-state index contributed by atoms with van der Waals surface area (Å²) in [4.78, 5) is 40.5. The van der Waals surface area contributed by atoms with Crippen LogP contribution in [0.1, 0.15) is 24.0 Å². The van der Waals surface area contributed by atoms with Crippen molar-refractivity contribution in [1.82, 2.24) is 9.80 Å². The Kier molecular flexibility index (Phi) is 7.25. The second kappa shape index (κ2) is 10.3. The normalized spacial score (nSPS) is 17.2. The zero-order valence-electron chi connectivity index (χ0n) is 18.1. The molecule has 2 aromatic rings. The number of carbonyl (C=O) groups excluding carboxylic acids is 3. The minimum absolute atomic E-state index is 0.195. The zero-order valence-corrected chi connectivity index (χ0v) is 19.7. The van der Waals surface area contributed by atoms with Crippen molar-refractivity contribution in [3.8, 4) is 11.5 Å². The minimum Gasteiger partial charge on any atom is -0.493 e. The summed E-state index contributed by atoms with van der Waals surface area (Å²) in [6.45, 7) is 1.48. The molecule has 9 heteroatoms. The van der Waals surface area contributed by atoms with Crippen LogP contribution in [0.3, 0.4) is 0 Å². The van der Waals surface area contributed by atoms with Crippen LogP contribution in [0.4, 0.5) is 4.79 Å². The number of thioether (sulfide) groups is 1. The molecule has 172 valence electrons. The number of rotatable bonds is 7. The van der Waals surface area contributed by atoms with Gasteiger partial charge in [0.05, 0.1) is 12.0 Å². The highest BCUT2D eigenvalue weighted by Gasteiger charge is 2.37. The Hall–Kier alpha value is -2.97. The van der Waals surface area contributed by atoms with E-state index in [1.165, 1.54) is 7.11 Å². The first-order valence-corrected chi connectivity index (χ1v) is 11.7. The molecule has 0 saturated carbocycles. The number of hydrogen-bond donors (Lipinski definition) is 0. The van der Waals surface area contributed by atoms with Gasteiger partial charge in [0, 0.05) is 18.1 Å². The van der Waals surface area contributed by atoms with Gasteiger partial charge < -0.3 is 14.4 Å². The molecule has 2 aliphatic heterocycles. The summed E-state index contributed by atoms with van der Waals surface area (Å²) in [7, 11) is 1.53. The molecule has 2 saturated heterocycles. The van der Waals surface area contributed by atoms with Crippen molar-refractivity contribution in [2.75, 3.05) is 26.7 Å². The Morgan fingerprint density at radius 1 is 1.09 bits per heavy atom. The average molecular weight is 487 g/mol. The molecule has 0 unspecified atom stereocenters. The van der Waals surface area contributed by atoms with Gasteiger partial charge in [0.25, 0.3) is 11.1 Å². The molecule has 0 aromatic heterocycles. The highest BCUT2D eigenvalue weighted by molar-refractivity contribution is 8.18. The van der Waals surface area contributed by atoms with E-state index in [0.29, 0.717) is 41.8 Å². The molecule has 0 atom stereocenters. The summed E-state index contributed by atoms with van der Waals surface area (Å²) >= 11 is 6.74. The van der Waals surface area contributed by atoms with E-state index >= 15 is 0 Å². The fourth-order valence-electron chi connectivity index (χ4n) is 3.62. The van der Waals surface area contributed by atoms with E-state index in [9.17, 15) is 14.4 Å². The predicted molar refractivity (Wildman–Crippen MR) is 127 cm³/mol. The van der Waals surface area contributed by atoms with Gasteiger partial charge in [-0.15, -0.1) is 0 Å². The highest BCUT2D eigenvalue weighted by Crippen LogP contribution is 2.35. The SMILES string of the molecule is COc1cc(/C=C2\SC(=O)N(CC(=O)N3CCCC3)C2=O)ccc1OCc1ccc(Cl)cc1.